The quantitative estimate of drug-likeness (QED) is 0.508. The van der Waals surface area contributed by atoms with Crippen LogP contribution in [0.25, 0.3) is 0 Å². The summed E-state index contributed by atoms with van der Waals surface area (Å²) in [6.45, 7) is 0. The number of hydrogen-bond acceptors (Lipinski definition) is 4. The Morgan fingerprint density at radius 1 is 1.17 bits per heavy atom. The van der Waals surface area contributed by atoms with Gasteiger partial charge in [0.05, 0.1) is 0 Å². The predicted octanol–water partition coefficient (Wildman–Crippen LogP) is -1.24. The van der Waals surface area contributed by atoms with Crippen LogP contribution >= 0.6 is 0 Å². The summed E-state index contributed by atoms with van der Waals surface area (Å²) >= 11 is -4.27. The molecule has 0 heterocycles. The second kappa shape index (κ2) is 17.7. The Kier molecular flexibility index (Phi) is 28.7. The molecule has 0 spiro atoms. The molecule has 0 N–H and O–H groups in total. The van der Waals surface area contributed by atoms with Crippen LogP contribution in [0.5, 0.6) is 0 Å². The van der Waals surface area contributed by atoms with E-state index in [0.29, 0.717) is 0 Å². The summed E-state index contributed by atoms with van der Waals surface area (Å²) in [5.41, 5.74) is 0. The van der Waals surface area contributed by atoms with Crippen LogP contribution in [-0.2, 0) is 13.7 Å². The van der Waals surface area contributed by atoms with Crippen molar-refractivity contribution >= 4 is 36.4 Å². The van der Waals surface area contributed by atoms with E-state index in [1.807, 2.05) is 0 Å². The van der Waals surface area contributed by atoms with Crippen LogP contribution in [0, 0.1) is 0 Å². The molecule has 0 aromatic rings. The molecule has 0 aliphatic rings. The zero-order chi connectivity index (χ0) is 5.41. The Labute approximate surface area is 50.2 Å². The van der Waals surface area contributed by atoms with Gasteiger partial charge in [0, 0.05) is 0 Å². The summed E-state index contributed by atoms with van der Waals surface area (Å²) in [6.07, 6.45) is 0. The third-order valence-corrected chi connectivity index (χ3v) is 0. The van der Waals surface area contributed by atoms with Gasteiger partial charge in [-0.1, -0.05) is 0 Å². The van der Waals surface area contributed by atoms with Gasteiger partial charge in [0.25, 0.3) is 0 Å². The van der Waals surface area contributed by atoms with Gasteiger partial charge < -0.3 is 0 Å². The van der Waals surface area contributed by atoms with Gasteiger partial charge in [0.15, 0.2) is 0 Å². The first-order valence-corrected chi connectivity index (χ1v) is 4.86. The standard InChI is InChI=1S/GeO2.2O.Sn/c2-1-3;;;. The first kappa shape index (κ1) is 9.74. The van der Waals surface area contributed by atoms with Crippen LogP contribution in [0.15, 0.2) is 0 Å². The van der Waals surface area contributed by atoms with Crippen LogP contribution in [0.3, 0.4) is 0 Å². The molecule has 0 aliphatic carbocycles. The van der Waals surface area contributed by atoms with Gasteiger partial charge in [-0.3, -0.25) is 0 Å². The molecule has 32 valence electrons. The van der Waals surface area contributed by atoms with Crippen LogP contribution in [0.2, 0.25) is 0 Å². The molecule has 0 aliphatic heterocycles. The van der Waals surface area contributed by atoms with Gasteiger partial charge in [-0.05, 0) is 0 Å². The van der Waals surface area contributed by atoms with Crippen molar-refractivity contribution in [3.05, 3.63) is 0 Å². The van der Waals surface area contributed by atoms with E-state index in [0.717, 1.165) is 0 Å². The van der Waals surface area contributed by atoms with Gasteiger partial charge in [-0.15, -0.1) is 0 Å². The summed E-state index contributed by atoms with van der Waals surface area (Å²) in [7, 11) is 0. The average molecular weight is 255 g/mol. The Morgan fingerprint density at radius 3 is 1.17 bits per heavy atom. The van der Waals surface area contributed by atoms with E-state index in [1.165, 1.54) is 0 Å². The summed E-state index contributed by atoms with van der Waals surface area (Å²) in [5.74, 6) is 0. The van der Waals surface area contributed by atoms with E-state index in [4.69, 9.17) is 13.7 Å². The Balaban J connectivity index is 0. The SMILES string of the molecule is [O]=[Ge]=[O].[O]=[Sn]=[O]. The first-order valence-electron chi connectivity index (χ1n) is 0.816. The molecule has 0 atom stereocenters. The van der Waals surface area contributed by atoms with Crippen molar-refractivity contribution in [2.75, 3.05) is 0 Å². The summed E-state index contributed by atoms with van der Waals surface area (Å²) < 4.78 is 34.1. The van der Waals surface area contributed by atoms with E-state index in [1.54, 1.807) is 0 Å². The molecule has 0 unspecified atom stereocenters. The third kappa shape index (κ3) is 194. The fourth-order valence-corrected chi connectivity index (χ4v) is 0. The fourth-order valence-electron chi connectivity index (χ4n) is 0. The van der Waals surface area contributed by atoms with Gasteiger partial charge in [0.1, 0.15) is 0 Å². The maximum absolute atomic E-state index is 8.54. The molecule has 0 saturated heterocycles. The van der Waals surface area contributed by atoms with E-state index in [2.05, 4.69) is 0 Å². The molecule has 0 aromatic carbocycles. The van der Waals surface area contributed by atoms with Crippen LogP contribution in [0.1, 0.15) is 0 Å². The molecule has 0 amide bonds. The van der Waals surface area contributed by atoms with E-state index in [9.17, 15) is 0 Å². The molecule has 4 nitrogen and oxygen atoms in total. The molecule has 0 bridgehead atoms. The second-order valence-corrected chi connectivity index (χ2v) is 0.992. The first-order chi connectivity index (χ1) is 2.83. The normalized spacial score (nSPS) is 2.67. The molecule has 0 aromatic heterocycles. The van der Waals surface area contributed by atoms with Crippen molar-refractivity contribution in [1.29, 1.82) is 0 Å². The van der Waals surface area contributed by atoms with Gasteiger partial charge in [0.2, 0.25) is 0 Å². The van der Waals surface area contributed by atoms with E-state index in [-0.39, 0.29) is 0 Å². The molecule has 6 heteroatoms. The molecule has 6 heavy (non-hydrogen) atoms. The summed E-state index contributed by atoms with van der Waals surface area (Å²) in [6, 6.07) is 0. The summed E-state index contributed by atoms with van der Waals surface area (Å²) in [4.78, 5) is 0. The van der Waals surface area contributed by atoms with Crippen LogP contribution in [-0.4, -0.2) is 36.4 Å². The van der Waals surface area contributed by atoms with Crippen molar-refractivity contribution in [3.8, 4) is 0 Å². The van der Waals surface area contributed by atoms with Crippen molar-refractivity contribution < 1.29 is 13.7 Å². The van der Waals surface area contributed by atoms with Crippen LogP contribution in [0.4, 0.5) is 0 Å². The molecule has 0 saturated carbocycles. The molecule has 0 radical (unpaired) electrons. The van der Waals surface area contributed by atoms with Crippen molar-refractivity contribution in [3.63, 3.8) is 0 Å². The molecule has 0 fully saturated rings. The number of rotatable bonds is 0. The van der Waals surface area contributed by atoms with Crippen LogP contribution < -0.4 is 0 Å². The average Bonchev–Trinajstić information content (AvgIpc) is 1.39. The van der Waals surface area contributed by atoms with Gasteiger partial charge >= 0.3 is 50.1 Å². The molecular formula is GeO4Sn. The Morgan fingerprint density at radius 2 is 1.17 bits per heavy atom. The van der Waals surface area contributed by atoms with Gasteiger partial charge in [-0.2, -0.15) is 0 Å². The fraction of sp³-hybridized carbons (Fsp3) is 0. The maximum atomic E-state index is 8.54. The zero-order valence-corrected chi connectivity index (χ0v) is 7.59. The zero-order valence-electron chi connectivity index (χ0n) is 2.63. The van der Waals surface area contributed by atoms with Gasteiger partial charge in [-0.25, -0.2) is 0 Å². The predicted molar refractivity (Wildman–Crippen MR) is 14.3 cm³/mol. The van der Waals surface area contributed by atoms with Crippen molar-refractivity contribution in [2.24, 2.45) is 0 Å². The third-order valence-electron chi connectivity index (χ3n) is 0. The number of hydrogen-bond donors (Lipinski definition) is 0. The molecular weight excluding hydrogens is 255 g/mol. The monoisotopic (exact) mass is 258 g/mol. The topological polar surface area (TPSA) is 68.3 Å². The Bertz CT molecular complexity index is 61.5. The van der Waals surface area contributed by atoms with Crippen molar-refractivity contribution in [2.45, 2.75) is 0 Å². The Hall–Kier alpha value is 0.542. The molecule has 0 rings (SSSR count). The second-order valence-electron chi connectivity index (χ2n) is 0.167. The van der Waals surface area contributed by atoms with E-state index >= 15 is 0 Å². The summed E-state index contributed by atoms with van der Waals surface area (Å²) in [5, 5.41) is 0. The van der Waals surface area contributed by atoms with Crippen molar-refractivity contribution in [1.82, 2.24) is 0 Å². The minimum absolute atomic E-state index is 2.00. The van der Waals surface area contributed by atoms with E-state index < -0.39 is 36.4 Å². The minimum atomic E-state index is -2.27.